The molecule has 0 saturated carbocycles. The Balaban J connectivity index is 2.78. The number of aliphatic carboxylic acids is 1. The van der Waals surface area contributed by atoms with Crippen molar-refractivity contribution in [1.82, 2.24) is 4.90 Å². The topological polar surface area (TPSA) is 74.7 Å². The van der Waals surface area contributed by atoms with Gasteiger partial charge in [-0.25, -0.2) is 8.42 Å². The van der Waals surface area contributed by atoms with Gasteiger partial charge in [0.15, 0.2) is 9.84 Å². The largest absolute Gasteiger partial charge is 0.481 e. The lowest BCUT2D eigenvalue weighted by atomic mass is 10.2. The lowest BCUT2D eigenvalue weighted by molar-refractivity contribution is -0.138. The summed E-state index contributed by atoms with van der Waals surface area (Å²) in [6.07, 6.45) is 1.20. The van der Waals surface area contributed by atoms with Crippen LogP contribution in [-0.2, 0) is 14.6 Å². The summed E-state index contributed by atoms with van der Waals surface area (Å²) < 4.78 is 23.2. The molecule has 1 N–H and O–H groups in total. The Bertz CT molecular complexity index is 355. The Morgan fingerprint density at radius 1 is 1.62 bits per heavy atom. The molecule has 1 rings (SSSR count). The average molecular weight is 267 g/mol. The molecular formula is C9H17NO4S2. The predicted octanol–water partition coefficient (Wildman–Crippen LogP) is 0.269. The van der Waals surface area contributed by atoms with Crippen molar-refractivity contribution >= 4 is 27.6 Å². The van der Waals surface area contributed by atoms with E-state index in [1.165, 1.54) is 6.26 Å². The van der Waals surface area contributed by atoms with E-state index in [0.29, 0.717) is 12.3 Å². The fourth-order valence-electron chi connectivity index (χ4n) is 1.84. The summed E-state index contributed by atoms with van der Waals surface area (Å²) in [5, 5.41) is 8.18. The Morgan fingerprint density at radius 3 is 2.75 bits per heavy atom. The summed E-state index contributed by atoms with van der Waals surface area (Å²) in [5.74, 6) is 0.497. The lowest BCUT2D eigenvalue weighted by Gasteiger charge is -2.37. The van der Waals surface area contributed by atoms with Gasteiger partial charge in [-0.1, -0.05) is 0 Å². The second kappa shape index (κ2) is 5.37. The van der Waals surface area contributed by atoms with Gasteiger partial charge in [-0.2, -0.15) is 11.8 Å². The Morgan fingerprint density at radius 2 is 2.25 bits per heavy atom. The Hall–Kier alpha value is -0.270. The molecule has 0 aromatic rings. The van der Waals surface area contributed by atoms with Gasteiger partial charge in [0.25, 0.3) is 0 Å². The van der Waals surface area contributed by atoms with Crippen molar-refractivity contribution in [2.45, 2.75) is 24.8 Å². The number of hydrogen-bond donors (Lipinski definition) is 1. The van der Waals surface area contributed by atoms with Crippen LogP contribution < -0.4 is 0 Å². The lowest BCUT2D eigenvalue weighted by Crippen LogP contribution is -2.51. The van der Waals surface area contributed by atoms with Crippen LogP contribution in [0.3, 0.4) is 0 Å². The van der Waals surface area contributed by atoms with Gasteiger partial charge in [0.1, 0.15) is 5.37 Å². The second-order valence-corrected chi connectivity index (χ2v) is 7.40. The predicted molar refractivity (Wildman–Crippen MR) is 64.4 cm³/mol. The summed E-state index contributed by atoms with van der Waals surface area (Å²) in [6.45, 7) is 2.40. The van der Waals surface area contributed by atoms with E-state index in [4.69, 9.17) is 5.11 Å². The van der Waals surface area contributed by atoms with Crippen molar-refractivity contribution in [2.24, 2.45) is 0 Å². The molecule has 0 bridgehead atoms. The van der Waals surface area contributed by atoms with Crippen LogP contribution in [0.1, 0.15) is 13.3 Å². The highest BCUT2D eigenvalue weighted by atomic mass is 32.2. The first-order valence-corrected chi connectivity index (χ1v) is 8.17. The van der Waals surface area contributed by atoms with Crippen molar-refractivity contribution in [1.29, 1.82) is 0 Å². The smallest absolute Gasteiger partial charge is 0.304 e. The number of carboxylic acid groups (broad SMARTS) is 1. The standard InChI is InChI=1S/C9H17NO4S2/c1-7(5-9(11)12)10-3-4-15-6-8(10)16(2,13)14/h7-8H,3-6H2,1-2H3,(H,11,12). The highest BCUT2D eigenvalue weighted by Crippen LogP contribution is 2.23. The third-order valence-electron chi connectivity index (χ3n) is 2.65. The number of sulfone groups is 1. The van der Waals surface area contributed by atoms with Gasteiger partial charge in [-0.05, 0) is 6.92 Å². The molecule has 94 valence electrons. The van der Waals surface area contributed by atoms with E-state index in [9.17, 15) is 13.2 Å². The molecule has 0 amide bonds. The van der Waals surface area contributed by atoms with E-state index in [1.54, 1.807) is 23.6 Å². The third-order valence-corrected chi connectivity index (χ3v) is 5.31. The number of carboxylic acids is 1. The van der Waals surface area contributed by atoms with Gasteiger partial charge in [0.05, 0.1) is 6.42 Å². The van der Waals surface area contributed by atoms with Gasteiger partial charge in [0.2, 0.25) is 0 Å². The molecule has 16 heavy (non-hydrogen) atoms. The zero-order valence-corrected chi connectivity index (χ0v) is 11.1. The number of carbonyl (C=O) groups is 1. The fourth-order valence-corrected chi connectivity index (χ4v) is 4.82. The minimum atomic E-state index is -3.14. The summed E-state index contributed by atoms with van der Waals surface area (Å²) in [4.78, 5) is 12.4. The van der Waals surface area contributed by atoms with Crippen LogP contribution in [0.4, 0.5) is 0 Å². The molecule has 7 heteroatoms. The normalized spacial score (nSPS) is 25.2. The zero-order chi connectivity index (χ0) is 12.3. The van der Waals surface area contributed by atoms with Crippen LogP contribution in [0.2, 0.25) is 0 Å². The molecule has 0 radical (unpaired) electrons. The molecule has 1 aliphatic heterocycles. The molecule has 0 spiro atoms. The van der Waals surface area contributed by atoms with Gasteiger partial charge < -0.3 is 5.11 Å². The van der Waals surface area contributed by atoms with Crippen molar-refractivity contribution in [3.8, 4) is 0 Å². The number of nitrogens with zero attached hydrogens (tertiary/aromatic N) is 1. The first kappa shape index (κ1) is 13.8. The van der Waals surface area contributed by atoms with Crippen LogP contribution in [0.5, 0.6) is 0 Å². The van der Waals surface area contributed by atoms with E-state index >= 15 is 0 Å². The maximum atomic E-state index is 11.6. The average Bonchev–Trinajstić information content (AvgIpc) is 2.15. The van der Waals surface area contributed by atoms with E-state index in [2.05, 4.69) is 0 Å². The number of hydrogen-bond acceptors (Lipinski definition) is 5. The van der Waals surface area contributed by atoms with E-state index in [1.807, 2.05) is 0 Å². The van der Waals surface area contributed by atoms with E-state index < -0.39 is 21.2 Å². The number of rotatable bonds is 4. The monoisotopic (exact) mass is 267 g/mol. The number of thioether (sulfide) groups is 1. The molecule has 1 fully saturated rings. The summed E-state index contributed by atoms with van der Waals surface area (Å²) in [5.41, 5.74) is 0. The molecule has 1 saturated heterocycles. The first-order valence-electron chi connectivity index (χ1n) is 5.06. The molecule has 0 aromatic carbocycles. The van der Waals surface area contributed by atoms with Gasteiger partial charge in [0, 0.05) is 30.3 Å². The van der Waals surface area contributed by atoms with Crippen LogP contribution in [0.25, 0.3) is 0 Å². The quantitative estimate of drug-likeness (QED) is 0.788. The molecule has 2 unspecified atom stereocenters. The molecular weight excluding hydrogens is 250 g/mol. The maximum absolute atomic E-state index is 11.6. The Kier molecular flexibility index (Phi) is 4.63. The fraction of sp³-hybridized carbons (Fsp3) is 0.889. The molecule has 0 aromatic heterocycles. The molecule has 5 nitrogen and oxygen atoms in total. The molecule has 2 atom stereocenters. The van der Waals surface area contributed by atoms with Gasteiger partial charge in [-0.3, -0.25) is 9.69 Å². The highest BCUT2D eigenvalue weighted by molar-refractivity contribution is 8.00. The van der Waals surface area contributed by atoms with Crippen LogP contribution >= 0.6 is 11.8 Å². The van der Waals surface area contributed by atoms with Crippen molar-refractivity contribution < 1.29 is 18.3 Å². The van der Waals surface area contributed by atoms with Gasteiger partial charge >= 0.3 is 5.97 Å². The Labute approximate surface area is 100 Å². The van der Waals surface area contributed by atoms with E-state index in [0.717, 1.165) is 5.75 Å². The summed E-state index contributed by atoms with van der Waals surface area (Å²) in [6, 6.07) is -0.238. The zero-order valence-electron chi connectivity index (χ0n) is 9.42. The second-order valence-electron chi connectivity index (χ2n) is 4.04. The molecule has 0 aliphatic carbocycles. The van der Waals surface area contributed by atoms with Crippen molar-refractivity contribution in [3.05, 3.63) is 0 Å². The van der Waals surface area contributed by atoms with Crippen LogP contribution in [0.15, 0.2) is 0 Å². The molecule has 1 aliphatic rings. The maximum Gasteiger partial charge on any atom is 0.304 e. The van der Waals surface area contributed by atoms with Crippen molar-refractivity contribution in [2.75, 3.05) is 24.3 Å². The van der Waals surface area contributed by atoms with Crippen molar-refractivity contribution in [3.63, 3.8) is 0 Å². The highest BCUT2D eigenvalue weighted by Gasteiger charge is 2.34. The summed E-state index contributed by atoms with van der Waals surface area (Å²) >= 11 is 1.60. The summed E-state index contributed by atoms with van der Waals surface area (Å²) in [7, 11) is -3.14. The molecule has 1 heterocycles. The first-order chi connectivity index (χ1) is 7.32. The van der Waals surface area contributed by atoms with E-state index in [-0.39, 0.29) is 12.5 Å². The van der Waals surface area contributed by atoms with Gasteiger partial charge in [-0.15, -0.1) is 0 Å². The minimum Gasteiger partial charge on any atom is -0.481 e. The third kappa shape index (κ3) is 3.64. The minimum absolute atomic E-state index is 0.0172. The van der Waals surface area contributed by atoms with Crippen LogP contribution in [-0.4, -0.2) is 60.1 Å². The van der Waals surface area contributed by atoms with Crippen LogP contribution in [0, 0.1) is 0 Å². The SMILES string of the molecule is CC(CC(=O)O)N1CCSCC1S(C)(=O)=O.